The summed E-state index contributed by atoms with van der Waals surface area (Å²) in [6.07, 6.45) is 2.11. The lowest BCUT2D eigenvalue weighted by atomic mass is 9.72. The summed E-state index contributed by atoms with van der Waals surface area (Å²) in [5.74, 6) is 0.343. The summed E-state index contributed by atoms with van der Waals surface area (Å²) in [6.45, 7) is 7.29. The minimum Gasteiger partial charge on any atom is -0.348 e. The van der Waals surface area contributed by atoms with Gasteiger partial charge in [-0.3, -0.25) is 9.59 Å². The summed E-state index contributed by atoms with van der Waals surface area (Å²) < 4.78 is 0. The lowest BCUT2D eigenvalue weighted by Gasteiger charge is -2.42. The standard InChI is InChI=1S/C26H34N2O2/c1-19(2)24(29)28-15-13-26(14-16-28,25(30)27(4)5)18-21-10-8-11-22(17-21)23-12-7-6-9-20(23)3/h6-12,17,19H,13-16,18H2,1-5H3. The van der Waals surface area contributed by atoms with Crippen LogP contribution in [-0.4, -0.2) is 48.8 Å². The van der Waals surface area contributed by atoms with Crippen LogP contribution in [0, 0.1) is 18.3 Å². The maximum Gasteiger partial charge on any atom is 0.228 e. The molecule has 2 aromatic rings. The number of hydrogen-bond acceptors (Lipinski definition) is 2. The zero-order valence-corrected chi connectivity index (χ0v) is 18.9. The molecule has 0 radical (unpaired) electrons. The quantitative estimate of drug-likeness (QED) is 0.730. The molecule has 2 amide bonds. The van der Waals surface area contributed by atoms with Crippen LogP contribution in [0.5, 0.6) is 0 Å². The van der Waals surface area contributed by atoms with Gasteiger partial charge >= 0.3 is 0 Å². The molecule has 0 aliphatic carbocycles. The smallest absolute Gasteiger partial charge is 0.228 e. The van der Waals surface area contributed by atoms with Crippen LogP contribution in [0.2, 0.25) is 0 Å². The van der Waals surface area contributed by atoms with Crippen molar-refractivity contribution in [2.75, 3.05) is 27.2 Å². The maximum absolute atomic E-state index is 13.3. The number of likely N-dealkylation sites (tertiary alicyclic amines) is 1. The zero-order valence-electron chi connectivity index (χ0n) is 18.9. The third-order valence-electron chi connectivity index (χ3n) is 6.31. The van der Waals surface area contributed by atoms with Crippen LogP contribution in [0.15, 0.2) is 48.5 Å². The van der Waals surface area contributed by atoms with E-state index in [0.29, 0.717) is 32.4 Å². The van der Waals surface area contributed by atoms with Gasteiger partial charge in [-0.15, -0.1) is 0 Å². The fourth-order valence-corrected chi connectivity index (χ4v) is 4.60. The van der Waals surface area contributed by atoms with Crippen LogP contribution in [0.3, 0.4) is 0 Å². The Hall–Kier alpha value is -2.62. The molecule has 1 fully saturated rings. The van der Waals surface area contributed by atoms with Gasteiger partial charge in [0, 0.05) is 33.1 Å². The average molecular weight is 407 g/mol. The van der Waals surface area contributed by atoms with Crippen molar-refractivity contribution >= 4 is 11.8 Å². The van der Waals surface area contributed by atoms with Crippen LogP contribution < -0.4 is 0 Å². The Morgan fingerprint density at radius 3 is 2.30 bits per heavy atom. The largest absolute Gasteiger partial charge is 0.348 e. The molecule has 2 aromatic carbocycles. The maximum atomic E-state index is 13.3. The molecule has 4 nitrogen and oxygen atoms in total. The van der Waals surface area contributed by atoms with Crippen molar-refractivity contribution in [3.05, 3.63) is 59.7 Å². The van der Waals surface area contributed by atoms with E-state index in [1.54, 1.807) is 4.90 Å². The summed E-state index contributed by atoms with van der Waals surface area (Å²) >= 11 is 0. The van der Waals surface area contributed by atoms with Crippen molar-refractivity contribution in [2.24, 2.45) is 11.3 Å². The Morgan fingerprint density at radius 2 is 1.70 bits per heavy atom. The average Bonchev–Trinajstić information content (AvgIpc) is 2.73. The molecular weight excluding hydrogens is 372 g/mol. The van der Waals surface area contributed by atoms with Crippen molar-refractivity contribution in [3.63, 3.8) is 0 Å². The first kappa shape index (κ1) is 22.1. The lowest BCUT2D eigenvalue weighted by molar-refractivity contribution is -0.147. The van der Waals surface area contributed by atoms with Gasteiger partial charge in [-0.2, -0.15) is 0 Å². The second-order valence-electron chi connectivity index (χ2n) is 9.15. The summed E-state index contributed by atoms with van der Waals surface area (Å²) in [5.41, 5.74) is 4.38. The molecule has 4 heteroatoms. The third-order valence-corrected chi connectivity index (χ3v) is 6.31. The van der Waals surface area contributed by atoms with Crippen LogP contribution in [-0.2, 0) is 16.0 Å². The number of amides is 2. The van der Waals surface area contributed by atoms with Gasteiger partial charge < -0.3 is 9.80 Å². The van der Waals surface area contributed by atoms with E-state index in [2.05, 4.69) is 55.5 Å². The van der Waals surface area contributed by atoms with Crippen molar-refractivity contribution < 1.29 is 9.59 Å². The van der Waals surface area contributed by atoms with Crippen LogP contribution in [0.4, 0.5) is 0 Å². The van der Waals surface area contributed by atoms with Crippen LogP contribution in [0.1, 0.15) is 37.8 Å². The number of piperidine rings is 1. The summed E-state index contributed by atoms with van der Waals surface area (Å²) in [4.78, 5) is 29.3. The molecule has 1 aliphatic heterocycles. The van der Waals surface area contributed by atoms with E-state index in [9.17, 15) is 9.59 Å². The Balaban J connectivity index is 1.87. The molecule has 3 rings (SSSR count). The number of carbonyl (C=O) groups excluding carboxylic acids is 2. The fraction of sp³-hybridized carbons (Fsp3) is 0.462. The minimum absolute atomic E-state index is 0.00663. The Morgan fingerprint density at radius 1 is 1.03 bits per heavy atom. The first-order chi connectivity index (χ1) is 14.2. The van der Waals surface area contributed by atoms with E-state index in [1.165, 1.54) is 22.3 Å². The first-order valence-corrected chi connectivity index (χ1v) is 10.9. The molecule has 0 aromatic heterocycles. The van der Waals surface area contributed by atoms with Crippen LogP contribution in [0.25, 0.3) is 11.1 Å². The molecule has 30 heavy (non-hydrogen) atoms. The van der Waals surface area contributed by atoms with Crippen LogP contribution >= 0.6 is 0 Å². The Bertz CT molecular complexity index is 909. The third kappa shape index (κ3) is 4.58. The van der Waals surface area contributed by atoms with Crippen molar-refractivity contribution in [3.8, 4) is 11.1 Å². The summed E-state index contributed by atoms with van der Waals surface area (Å²) in [7, 11) is 3.67. The topological polar surface area (TPSA) is 40.6 Å². The van der Waals surface area contributed by atoms with Gasteiger partial charge in [0.2, 0.25) is 11.8 Å². The number of hydrogen-bond donors (Lipinski definition) is 0. The highest BCUT2D eigenvalue weighted by Gasteiger charge is 2.43. The highest BCUT2D eigenvalue weighted by atomic mass is 16.2. The van der Waals surface area contributed by atoms with E-state index < -0.39 is 5.41 Å². The second-order valence-corrected chi connectivity index (χ2v) is 9.15. The number of benzene rings is 2. The monoisotopic (exact) mass is 406 g/mol. The van der Waals surface area contributed by atoms with Gasteiger partial charge in [0.15, 0.2) is 0 Å². The molecule has 1 aliphatic rings. The van der Waals surface area contributed by atoms with E-state index in [1.807, 2.05) is 32.8 Å². The molecule has 160 valence electrons. The number of carbonyl (C=O) groups is 2. The molecule has 0 bridgehead atoms. The summed E-state index contributed by atoms with van der Waals surface area (Å²) in [5, 5.41) is 0. The van der Waals surface area contributed by atoms with E-state index in [0.717, 1.165) is 0 Å². The number of aryl methyl sites for hydroxylation is 1. The van der Waals surface area contributed by atoms with Gasteiger partial charge in [-0.25, -0.2) is 0 Å². The Labute approximate surface area is 180 Å². The van der Waals surface area contributed by atoms with Gasteiger partial charge in [-0.05, 0) is 48.4 Å². The van der Waals surface area contributed by atoms with E-state index in [-0.39, 0.29) is 17.7 Å². The van der Waals surface area contributed by atoms with Gasteiger partial charge in [-0.1, -0.05) is 62.4 Å². The number of rotatable bonds is 5. The Kier molecular flexibility index (Phi) is 6.64. The molecule has 1 heterocycles. The zero-order chi connectivity index (χ0) is 21.9. The van der Waals surface area contributed by atoms with Gasteiger partial charge in [0.25, 0.3) is 0 Å². The van der Waals surface area contributed by atoms with Crippen molar-refractivity contribution in [1.29, 1.82) is 0 Å². The molecule has 0 atom stereocenters. The lowest BCUT2D eigenvalue weighted by Crippen LogP contribution is -2.51. The predicted octanol–water partition coefficient (Wildman–Crippen LogP) is 4.56. The van der Waals surface area contributed by atoms with E-state index >= 15 is 0 Å². The fourth-order valence-electron chi connectivity index (χ4n) is 4.60. The first-order valence-electron chi connectivity index (χ1n) is 10.9. The molecule has 1 saturated heterocycles. The van der Waals surface area contributed by atoms with E-state index in [4.69, 9.17) is 0 Å². The second kappa shape index (κ2) is 9.03. The predicted molar refractivity (Wildman–Crippen MR) is 122 cm³/mol. The van der Waals surface area contributed by atoms with Gasteiger partial charge in [0.05, 0.1) is 5.41 Å². The molecule has 0 saturated carbocycles. The highest BCUT2D eigenvalue weighted by Crippen LogP contribution is 2.38. The summed E-state index contributed by atoms with van der Waals surface area (Å²) in [6, 6.07) is 17.0. The molecule has 0 spiro atoms. The van der Waals surface area contributed by atoms with Crippen molar-refractivity contribution in [2.45, 2.75) is 40.0 Å². The SMILES string of the molecule is Cc1ccccc1-c1cccc(CC2(C(=O)N(C)C)CCN(C(=O)C(C)C)CC2)c1. The molecule has 0 unspecified atom stereocenters. The molecular formula is C26H34N2O2. The minimum atomic E-state index is -0.457. The number of nitrogens with zero attached hydrogens (tertiary/aromatic N) is 2. The molecule has 0 N–H and O–H groups in total. The highest BCUT2D eigenvalue weighted by molar-refractivity contribution is 5.84. The van der Waals surface area contributed by atoms with Crippen molar-refractivity contribution in [1.82, 2.24) is 9.80 Å². The normalized spacial score (nSPS) is 15.9. The van der Waals surface area contributed by atoms with Gasteiger partial charge in [0.1, 0.15) is 0 Å².